The van der Waals surface area contributed by atoms with Crippen LogP contribution in [-0.2, 0) is 0 Å². The summed E-state index contributed by atoms with van der Waals surface area (Å²) < 4.78 is 2.13. The van der Waals surface area contributed by atoms with Crippen molar-refractivity contribution in [2.45, 2.75) is 45.2 Å². The molecule has 3 atom stereocenters. The van der Waals surface area contributed by atoms with Crippen LogP contribution in [0.2, 0.25) is 0 Å². The summed E-state index contributed by atoms with van der Waals surface area (Å²) in [6.07, 6.45) is 7.84. The fourth-order valence-electron chi connectivity index (χ4n) is 2.62. The summed E-state index contributed by atoms with van der Waals surface area (Å²) in [4.78, 5) is 0. The van der Waals surface area contributed by atoms with Gasteiger partial charge in [0, 0.05) is 18.4 Å². The molecule has 0 bridgehead atoms. The van der Waals surface area contributed by atoms with Crippen molar-refractivity contribution in [1.82, 2.24) is 15.1 Å². The minimum absolute atomic E-state index is 0.545. The van der Waals surface area contributed by atoms with E-state index in [9.17, 15) is 0 Å². The average molecular weight is 207 g/mol. The van der Waals surface area contributed by atoms with Gasteiger partial charge >= 0.3 is 0 Å². The maximum Gasteiger partial charge on any atom is 0.0674 e. The topological polar surface area (TPSA) is 29.9 Å². The average Bonchev–Trinajstić information content (AvgIpc) is 2.74. The zero-order valence-corrected chi connectivity index (χ0v) is 9.69. The minimum atomic E-state index is 0.545. The first-order valence-electron chi connectivity index (χ1n) is 6.03. The molecule has 1 aliphatic carbocycles. The molecule has 1 aliphatic rings. The molecule has 0 amide bonds. The van der Waals surface area contributed by atoms with E-state index < -0.39 is 0 Å². The highest BCUT2D eigenvalue weighted by atomic mass is 15.3. The van der Waals surface area contributed by atoms with Gasteiger partial charge in [0.15, 0.2) is 0 Å². The molecular weight excluding hydrogens is 186 g/mol. The van der Waals surface area contributed by atoms with Gasteiger partial charge in [-0.15, -0.1) is 0 Å². The van der Waals surface area contributed by atoms with Crippen LogP contribution in [0.15, 0.2) is 18.5 Å². The summed E-state index contributed by atoms with van der Waals surface area (Å²) in [5.74, 6) is 0.828. The lowest BCUT2D eigenvalue weighted by molar-refractivity contribution is 0.205. The van der Waals surface area contributed by atoms with Crippen LogP contribution in [0.1, 0.15) is 39.2 Å². The molecule has 0 aliphatic heterocycles. The monoisotopic (exact) mass is 207 g/mol. The number of hydrogen-bond donors (Lipinski definition) is 1. The van der Waals surface area contributed by atoms with E-state index in [0.717, 1.165) is 12.5 Å². The van der Waals surface area contributed by atoms with Crippen LogP contribution in [0.25, 0.3) is 0 Å². The predicted octanol–water partition coefficient (Wildman–Crippen LogP) is 2.22. The van der Waals surface area contributed by atoms with E-state index in [1.165, 1.54) is 19.3 Å². The highest BCUT2D eigenvalue weighted by Gasteiger charge is 2.29. The van der Waals surface area contributed by atoms with E-state index in [2.05, 4.69) is 35.1 Å². The van der Waals surface area contributed by atoms with Gasteiger partial charge in [-0.3, -0.25) is 4.68 Å². The third-order valence-corrected chi connectivity index (χ3v) is 3.41. The number of nitrogens with zero attached hydrogens (tertiary/aromatic N) is 2. The van der Waals surface area contributed by atoms with Crippen molar-refractivity contribution in [2.75, 3.05) is 6.54 Å². The zero-order valence-electron chi connectivity index (χ0n) is 9.69. The van der Waals surface area contributed by atoms with Crippen molar-refractivity contribution in [3.8, 4) is 0 Å². The highest BCUT2D eigenvalue weighted by Crippen LogP contribution is 2.31. The summed E-state index contributed by atoms with van der Waals surface area (Å²) in [6.45, 7) is 5.58. The van der Waals surface area contributed by atoms with Gasteiger partial charge in [0.05, 0.1) is 6.04 Å². The highest BCUT2D eigenvalue weighted by molar-refractivity contribution is 4.90. The molecule has 1 aromatic rings. The molecule has 1 heterocycles. The molecule has 0 saturated heterocycles. The van der Waals surface area contributed by atoms with E-state index in [1.807, 2.05) is 12.3 Å². The maximum atomic E-state index is 4.38. The Morgan fingerprint density at radius 3 is 3.00 bits per heavy atom. The molecule has 0 aromatic carbocycles. The predicted molar refractivity (Wildman–Crippen MR) is 61.7 cm³/mol. The number of aromatic nitrogens is 2. The van der Waals surface area contributed by atoms with Gasteiger partial charge in [0.2, 0.25) is 0 Å². The number of nitrogens with one attached hydrogen (secondary N) is 1. The van der Waals surface area contributed by atoms with E-state index in [0.29, 0.717) is 12.1 Å². The summed E-state index contributed by atoms with van der Waals surface area (Å²) >= 11 is 0. The largest absolute Gasteiger partial charge is 0.312 e. The Hall–Kier alpha value is -0.830. The molecule has 0 spiro atoms. The second-order valence-corrected chi connectivity index (χ2v) is 4.64. The third-order valence-electron chi connectivity index (χ3n) is 3.41. The van der Waals surface area contributed by atoms with E-state index in [4.69, 9.17) is 0 Å². The van der Waals surface area contributed by atoms with Gasteiger partial charge in [-0.25, -0.2) is 0 Å². The van der Waals surface area contributed by atoms with Crippen molar-refractivity contribution in [3.63, 3.8) is 0 Å². The zero-order chi connectivity index (χ0) is 10.7. The van der Waals surface area contributed by atoms with E-state index >= 15 is 0 Å². The molecule has 3 unspecified atom stereocenters. The number of rotatable bonds is 3. The first-order chi connectivity index (χ1) is 7.31. The maximum absolute atomic E-state index is 4.38. The SMILES string of the molecule is CCNC1CCC(C)CC1n1cccn1. The minimum Gasteiger partial charge on any atom is -0.312 e. The van der Waals surface area contributed by atoms with Crippen LogP contribution < -0.4 is 5.32 Å². The Morgan fingerprint density at radius 1 is 1.47 bits per heavy atom. The molecule has 15 heavy (non-hydrogen) atoms. The lowest BCUT2D eigenvalue weighted by Gasteiger charge is -2.35. The second-order valence-electron chi connectivity index (χ2n) is 4.64. The Morgan fingerprint density at radius 2 is 2.33 bits per heavy atom. The Bertz CT molecular complexity index is 281. The smallest absolute Gasteiger partial charge is 0.0674 e. The second kappa shape index (κ2) is 4.79. The van der Waals surface area contributed by atoms with Crippen molar-refractivity contribution in [1.29, 1.82) is 0 Å². The first kappa shape index (κ1) is 10.7. The van der Waals surface area contributed by atoms with E-state index in [-0.39, 0.29) is 0 Å². The standard InChI is InChI=1S/C12H21N3/c1-3-13-11-6-5-10(2)9-12(11)15-8-4-7-14-15/h4,7-8,10-13H,3,5-6,9H2,1-2H3. The lowest BCUT2D eigenvalue weighted by atomic mass is 9.83. The molecular formula is C12H21N3. The molecule has 0 radical (unpaired) electrons. The van der Waals surface area contributed by atoms with Gasteiger partial charge in [-0.1, -0.05) is 13.8 Å². The summed E-state index contributed by atoms with van der Waals surface area (Å²) in [6, 6.07) is 3.16. The molecule has 1 saturated carbocycles. The molecule has 1 N–H and O–H groups in total. The number of likely N-dealkylation sites (N-methyl/N-ethyl adjacent to an activating group) is 1. The molecule has 2 rings (SSSR count). The van der Waals surface area contributed by atoms with Crippen LogP contribution in [0.3, 0.4) is 0 Å². The van der Waals surface area contributed by atoms with Crippen LogP contribution in [-0.4, -0.2) is 22.4 Å². The number of hydrogen-bond acceptors (Lipinski definition) is 2. The molecule has 3 heteroatoms. The Labute approximate surface area is 91.9 Å². The van der Waals surface area contributed by atoms with Gasteiger partial charge in [-0.2, -0.15) is 5.10 Å². The molecule has 1 fully saturated rings. The van der Waals surface area contributed by atoms with Crippen LogP contribution in [0.4, 0.5) is 0 Å². The van der Waals surface area contributed by atoms with Crippen molar-refractivity contribution in [3.05, 3.63) is 18.5 Å². The lowest BCUT2D eigenvalue weighted by Crippen LogP contribution is -2.41. The molecule has 1 aromatic heterocycles. The Kier molecular flexibility index (Phi) is 3.41. The van der Waals surface area contributed by atoms with Gasteiger partial charge in [-0.05, 0) is 37.8 Å². The van der Waals surface area contributed by atoms with Crippen molar-refractivity contribution in [2.24, 2.45) is 5.92 Å². The first-order valence-corrected chi connectivity index (χ1v) is 6.03. The quantitative estimate of drug-likeness (QED) is 0.823. The van der Waals surface area contributed by atoms with Crippen molar-refractivity contribution >= 4 is 0 Å². The summed E-state index contributed by atoms with van der Waals surface area (Å²) in [5.41, 5.74) is 0. The normalized spacial score (nSPS) is 31.7. The fraction of sp³-hybridized carbons (Fsp3) is 0.750. The van der Waals surface area contributed by atoms with Crippen LogP contribution in [0.5, 0.6) is 0 Å². The van der Waals surface area contributed by atoms with Crippen molar-refractivity contribution < 1.29 is 0 Å². The van der Waals surface area contributed by atoms with E-state index in [1.54, 1.807) is 0 Å². The Balaban J connectivity index is 2.09. The fourth-order valence-corrected chi connectivity index (χ4v) is 2.62. The van der Waals surface area contributed by atoms with Gasteiger partial charge in [0.1, 0.15) is 0 Å². The third kappa shape index (κ3) is 2.40. The summed E-state index contributed by atoms with van der Waals surface area (Å²) in [5, 5.41) is 7.97. The summed E-state index contributed by atoms with van der Waals surface area (Å²) in [7, 11) is 0. The van der Waals surface area contributed by atoms with Gasteiger partial charge < -0.3 is 5.32 Å². The molecule has 3 nitrogen and oxygen atoms in total. The van der Waals surface area contributed by atoms with Crippen LogP contribution in [0, 0.1) is 5.92 Å². The van der Waals surface area contributed by atoms with Gasteiger partial charge in [0.25, 0.3) is 0 Å². The van der Waals surface area contributed by atoms with Crippen LogP contribution >= 0.6 is 0 Å². The molecule has 84 valence electrons.